The number of amides is 1. The molecule has 0 saturated carbocycles. The minimum Gasteiger partial charge on any atom is -0.454 e. The Morgan fingerprint density at radius 1 is 1.15 bits per heavy atom. The second-order valence-corrected chi connectivity index (χ2v) is 7.30. The first-order valence-corrected chi connectivity index (χ1v) is 9.25. The van der Waals surface area contributed by atoms with E-state index in [-0.39, 0.29) is 12.7 Å². The average molecular weight is 383 g/mol. The van der Waals surface area contributed by atoms with Gasteiger partial charge in [-0.05, 0) is 37.6 Å². The van der Waals surface area contributed by atoms with Gasteiger partial charge in [0.2, 0.25) is 18.6 Å². The molecular formula is C19H17N3O4S. The maximum Gasteiger partial charge on any atom is 0.277 e. The number of thioether (sulfide) groups is 1. The molecule has 2 aromatic carbocycles. The van der Waals surface area contributed by atoms with Crippen molar-refractivity contribution in [3.63, 3.8) is 0 Å². The third-order valence-corrected chi connectivity index (χ3v) is 5.00. The second kappa shape index (κ2) is 7.32. The number of aromatic nitrogens is 2. The maximum absolute atomic E-state index is 12.5. The average Bonchev–Trinajstić information content (AvgIpc) is 3.31. The summed E-state index contributed by atoms with van der Waals surface area (Å²) in [5.41, 5.74) is 2.57. The molecule has 0 spiro atoms. The Morgan fingerprint density at radius 2 is 1.96 bits per heavy atom. The monoisotopic (exact) mass is 383 g/mol. The zero-order valence-electron chi connectivity index (χ0n) is 14.8. The highest BCUT2D eigenvalue weighted by Gasteiger charge is 2.20. The van der Waals surface area contributed by atoms with Gasteiger partial charge in [-0.1, -0.05) is 30.0 Å². The van der Waals surface area contributed by atoms with Crippen LogP contribution in [-0.2, 0) is 4.79 Å². The number of hydrogen-bond acceptors (Lipinski definition) is 7. The molecule has 3 aromatic rings. The van der Waals surface area contributed by atoms with Crippen LogP contribution in [0.4, 0.5) is 5.69 Å². The summed E-state index contributed by atoms with van der Waals surface area (Å²) in [6.07, 6.45) is 0. The molecule has 0 fully saturated rings. The van der Waals surface area contributed by atoms with Gasteiger partial charge in [-0.15, -0.1) is 10.2 Å². The van der Waals surface area contributed by atoms with Crippen LogP contribution in [0, 0.1) is 6.92 Å². The molecule has 4 rings (SSSR count). The number of benzene rings is 2. The first-order valence-electron chi connectivity index (χ1n) is 8.37. The van der Waals surface area contributed by atoms with Crippen LogP contribution in [0.1, 0.15) is 12.5 Å². The number of carbonyl (C=O) groups is 1. The molecule has 1 aliphatic rings. The lowest BCUT2D eigenvalue weighted by atomic mass is 10.1. The third-order valence-electron chi connectivity index (χ3n) is 4.07. The van der Waals surface area contributed by atoms with Gasteiger partial charge in [0.05, 0.1) is 5.25 Å². The Kier molecular flexibility index (Phi) is 4.72. The van der Waals surface area contributed by atoms with Gasteiger partial charge >= 0.3 is 0 Å². The zero-order valence-corrected chi connectivity index (χ0v) is 15.6. The summed E-state index contributed by atoms with van der Waals surface area (Å²) < 4.78 is 16.3. The van der Waals surface area contributed by atoms with Gasteiger partial charge in [0.25, 0.3) is 5.22 Å². The molecule has 1 N–H and O–H groups in total. The van der Waals surface area contributed by atoms with Crippen molar-refractivity contribution in [2.45, 2.75) is 24.3 Å². The fraction of sp³-hybridized carbons (Fsp3) is 0.211. The Labute approximate surface area is 160 Å². The summed E-state index contributed by atoms with van der Waals surface area (Å²) in [5.74, 6) is 1.56. The number of aryl methyl sites for hydroxylation is 1. The van der Waals surface area contributed by atoms with E-state index in [1.165, 1.54) is 11.8 Å². The van der Waals surface area contributed by atoms with E-state index in [4.69, 9.17) is 13.9 Å². The molecule has 0 radical (unpaired) electrons. The molecule has 1 aliphatic heterocycles. The SMILES string of the molecule is Cc1ccccc1-c1nnc(S[C@@H](C)C(=O)Nc2ccc3c(c2)OCO3)o1. The molecule has 7 nitrogen and oxygen atoms in total. The molecule has 0 saturated heterocycles. The van der Waals surface area contributed by atoms with Crippen LogP contribution >= 0.6 is 11.8 Å². The number of anilines is 1. The Bertz CT molecular complexity index is 989. The topological polar surface area (TPSA) is 86.5 Å². The van der Waals surface area contributed by atoms with E-state index in [0.29, 0.717) is 28.3 Å². The Balaban J connectivity index is 1.41. The largest absolute Gasteiger partial charge is 0.454 e. The highest BCUT2D eigenvalue weighted by atomic mass is 32.2. The molecule has 1 atom stereocenters. The number of ether oxygens (including phenoxy) is 2. The van der Waals surface area contributed by atoms with Gasteiger partial charge in [0.1, 0.15) is 0 Å². The van der Waals surface area contributed by atoms with Gasteiger partial charge in [0.15, 0.2) is 11.5 Å². The number of nitrogens with one attached hydrogen (secondary N) is 1. The lowest BCUT2D eigenvalue weighted by Crippen LogP contribution is -2.22. The minimum atomic E-state index is -0.416. The van der Waals surface area contributed by atoms with Crippen molar-refractivity contribution in [2.24, 2.45) is 0 Å². The standard InChI is InChI=1S/C19H17N3O4S/c1-11-5-3-4-6-14(11)18-21-22-19(26-18)27-12(2)17(23)20-13-7-8-15-16(9-13)25-10-24-15/h3-9,12H,10H2,1-2H3,(H,20,23)/t12-/m0/s1. The van der Waals surface area contributed by atoms with E-state index >= 15 is 0 Å². The number of hydrogen-bond donors (Lipinski definition) is 1. The zero-order chi connectivity index (χ0) is 18.8. The van der Waals surface area contributed by atoms with Crippen LogP contribution in [0.3, 0.4) is 0 Å². The van der Waals surface area contributed by atoms with E-state index in [2.05, 4.69) is 15.5 Å². The summed E-state index contributed by atoms with van der Waals surface area (Å²) in [4.78, 5) is 12.5. The van der Waals surface area contributed by atoms with Crippen molar-refractivity contribution >= 4 is 23.4 Å². The summed E-state index contributed by atoms with van der Waals surface area (Å²) >= 11 is 1.21. The van der Waals surface area contributed by atoms with Crippen LogP contribution in [-0.4, -0.2) is 28.1 Å². The van der Waals surface area contributed by atoms with Gasteiger partial charge < -0.3 is 19.2 Å². The van der Waals surface area contributed by atoms with E-state index in [0.717, 1.165) is 11.1 Å². The van der Waals surface area contributed by atoms with E-state index in [9.17, 15) is 4.79 Å². The summed E-state index contributed by atoms with van der Waals surface area (Å²) in [6, 6.07) is 13.0. The number of rotatable bonds is 5. The van der Waals surface area contributed by atoms with Crippen molar-refractivity contribution in [3.05, 3.63) is 48.0 Å². The van der Waals surface area contributed by atoms with Crippen LogP contribution in [0.15, 0.2) is 52.1 Å². The van der Waals surface area contributed by atoms with Crippen molar-refractivity contribution in [1.29, 1.82) is 0 Å². The van der Waals surface area contributed by atoms with E-state index in [1.54, 1.807) is 25.1 Å². The lowest BCUT2D eigenvalue weighted by Gasteiger charge is -2.10. The minimum absolute atomic E-state index is 0.172. The van der Waals surface area contributed by atoms with Crippen LogP contribution in [0.25, 0.3) is 11.5 Å². The normalized spacial score (nSPS) is 13.4. The van der Waals surface area contributed by atoms with E-state index in [1.807, 2.05) is 31.2 Å². The highest BCUT2D eigenvalue weighted by Crippen LogP contribution is 2.34. The van der Waals surface area contributed by atoms with Gasteiger partial charge in [0, 0.05) is 17.3 Å². The van der Waals surface area contributed by atoms with Gasteiger partial charge in [-0.25, -0.2) is 0 Å². The quantitative estimate of drug-likeness (QED) is 0.669. The predicted octanol–water partition coefficient (Wildman–Crippen LogP) is 3.89. The van der Waals surface area contributed by atoms with Crippen LogP contribution in [0.2, 0.25) is 0 Å². The Hall–Kier alpha value is -3.00. The maximum atomic E-state index is 12.5. The molecule has 2 heterocycles. The number of nitrogens with zero attached hydrogens (tertiary/aromatic N) is 2. The van der Waals surface area contributed by atoms with Gasteiger partial charge in [-0.3, -0.25) is 4.79 Å². The van der Waals surface area contributed by atoms with Crippen molar-refractivity contribution < 1.29 is 18.7 Å². The summed E-state index contributed by atoms with van der Waals surface area (Å²) in [6.45, 7) is 3.96. The molecule has 0 unspecified atom stereocenters. The smallest absolute Gasteiger partial charge is 0.277 e. The number of carbonyl (C=O) groups excluding carboxylic acids is 1. The fourth-order valence-electron chi connectivity index (χ4n) is 2.60. The molecule has 8 heteroatoms. The molecule has 1 aromatic heterocycles. The predicted molar refractivity (Wildman–Crippen MR) is 101 cm³/mol. The molecular weight excluding hydrogens is 366 g/mol. The van der Waals surface area contributed by atoms with Crippen LogP contribution < -0.4 is 14.8 Å². The van der Waals surface area contributed by atoms with Gasteiger partial charge in [-0.2, -0.15) is 0 Å². The third kappa shape index (κ3) is 3.75. The molecule has 1 amide bonds. The number of fused-ring (bicyclic) bond motifs is 1. The molecule has 0 aliphatic carbocycles. The first-order chi connectivity index (χ1) is 13.1. The molecule has 0 bridgehead atoms. The second-order valence-electron chi connectivity index (χ2n) is 6.01. The van der Waals surface area contributed by atoms with Crippen molar-refractivity contribution in [2.75, 3.05) is 12.1 Å². The Morgan fingerprint density at radius 3 is 2.81 bits per heavy atom. The highest BCUT2D eigenvalue weighted by molar-refractivity contribution is 8.00. The summed E-state index contributed by atoms with van der Waals surface area (Å²) in [5, 5.41) is 10.9. The van der Waals surface area contributed by atoms with Crippen molar-refractivity contribution in [1.82, 2.24) is 10.2 Å². The van der Waals surface area contributed by atoms with Crippen molar-refractivity contribution in [3.8, 4) is 23.0 Å². The van der Waals surface area contributed by atoms with E-state index < -0.39 is 5.25 Å². The first kappa shape index (κ1) is 17.4. The molecule has 27 heavy (non-hydrogen) atoms. The van der Waals surface area contributed by atoms with Crippen LogP contribution in [0.5, 0.6) is 11.5 Å². The molecule has 138 valence electrons. The fourth-order valence-corrected chi connectivity index (χ4v) is 3.29. The summed E-state index contributed by atoms with van der Waals surface area (Å²) in [7, 11) is 0. The lowest BCUT2D eigenvalue weighted by molar-refractivity contribution is -0.115.